The zero-order valence-electron chi connectivity index (χ0n) is 12.3. The third kappa shape index (κ3) is 3.40. The quantitative estimate of drug-likeness (QED) is 0.450. The van der Waals surface area contributed by atoms with Crippen LogP contribution in [-0.4, -0.2) is 20.8 Å². The van der Waals surface area contributed by atoms with E-state index in [1.165, 1.54) is 17.6 Å². The molecule has 3 N–H and O–H groups in total. The Bertz CT molecular complexity index is 1030. The van der Waals surface area contributed by atoms with Crippen molar-refractivity contribution >= 4 is 57.7 Å². The SMILES string of the molecule is O=C(NO)Nc1nc2c(Cl)cc(Cl)cc2c(=O)n1-c1ccc(Cl)cc1. The van der Waals surface area contributed by atoms with Gasteiger partial charge in [-0.3, -0.25) is 15.3 Å². The third-order valence-corrected chi connectivity index (χ3v) is 4.06. The van der Waals surface area contributed by atoms with E-state index in [-0.39, 0.29) is 26.9 Å². The van der Waals surface area contributed by atoms with Crippen LogP contribution in [-0.2, 0) is 0 Å². The van der Waals surface area contributed by atoms with Crippen LogP contribution in [0.3, 0.4) is 0 Å². The van der Waals surface area contributed by atoms with E-state index < -0.39 is 11.6 Å². The second-order valence-electron chi connectivity index (χ2n) is 4.90. The minimum atomic E-state index is -0.973. The van der Waals surface area contributed by atoms with Crippen LogP contribution >= 0.6 is 34.8 Å². The predicted molar refractivity (Wildman–Crippen MR) is 96.3 cm³/mol. The highest BCUT2D eigenvalue weighted by Gasteiger charge is 2.17. The summed E-state index contributed by atoms with van der Waals surface area (Å²) < 4.78 is 1.14. The van der Waals surface area contributed by atoms with Crippen molar-refractivity contribution in [1.29, 1.82) is 0 Å². The molecule has 0 bridgehead atoms. The Morgan fingerprint density at radius 3 is 2.40 bits per heavy atom. The van der Waals surface area contributed by atoms with Gasteiger partial charge in [-0.2, -0.15) is 0 Å². The Hall–Kier alpha value is -2.32. The highest BCUT2D eigenvalue weighted by molar-refractivity contribution is 6.38. The normalized spacial score (nSPS) is 10.7. The molecule has 0 aliphatic heterocycles. The van der Waals surface area contributed by atoms with Gasteiger partial charge in [0.15, 0.2) is 0 Å². The van der Waals surface area contributed by atoms with E-state index >= 15 is 0 Å². The number of nitrogens with one attached hydrogen (secondary N) is 2. The average molecular weight is 400 g/mol. The minimum absolute atomic E-state index is 0.143. The number of benzene rings is 2. The molecule has 3 aromatic rings. The van der Waals surface area contributed by atoms with Crippen molar-refractivity contribution in [3.63, 3.8) is 0 Å². The molecule has 10 heteroatoms. The number of halogens is 3. The van der Waals surface area contributed by atoms with Crippen LogP contribution in [0.25, 0.3) is 16.6 Å². The fraction of sp³-hybridized carbons (Fsp3) is 0. The number of anilines is 1. The lowest BCUT2D eigenvalue weighted by molar-refractivity contribution is 0.172. The van der Waals surface area contributed by atoms with Gasteiger partial charge >= 0.3 is 6.03 Å². The van der Waals surface area contributed by atoms with Gasteiger partial charge in [0, 0.05) is 10.0 Å². The third-order valence-electron chi connectivity index (χ3n) is 3.30. The van der Waals surface area contributed by atoms with Crippen LogP contribution in [0.1, 0.15) is 0 Å². The van der Waals surface area contributed by atoms with Crippen LogP contribution in [0.5, 0.6) is 0 Å². The Labute approximate surface area is 155 Å². The van der Waals surface area contributed by atoms with Gasteiger partial charge in [-0.05, 0) is 36.4 Å². The molecule has 3 rings (SSSR count). The minimum Gasteiger partial charge on any atom is -0.287 e. The van der Waals surface area contributed by atoms with Crippen molar-refractivity contribution < 1.29 is 10.0 Å². The van der Waals surface area contributed by atoms with Crippen LogP contribution in [0.15, 0.2) is 41.2 Å². The smallest absolute Gasteiger partial charge is 0.287 e. The number of carbonyl (C=O) groups excluding carboxylic acids is 1. The first-order chi connectivity index (χ1) is 11.9. The Morgan fingerprint density at radius 2 is 1.76 bits per heavy atom. The zero-order valence-corrected chi connectivity index (χ0v) is 14.5. The van der Waals surface area contributed by atoms with Gasteiger partial charge < -0.3 is 0 Å². The summed E-state index contributed by atoms with van der Waals surface area (Å²) in [5.41, 5.74) is 1.46. The van der Waals surface area contributed by atoms with Crippen molar-refractivity contribution in [2.45, 2.75) is 0 Å². The largest absolute Gasteiger partial charge is 0.345 e. The number of aromatic nitrogens is 2. The number of hydrogen-bond acceptors (Lipinski definition) is 4. The predicted octanol–water partition coefficient (Wildman–Crippen LogP) is 3.86. The summed E-state index contributed by atoms with van der Waals surface area (Å²) >= 11 is 17.9. The molecule has 0 atom stereocenters. The second-order valence-corrected chi connectivity index (χ2v) is 6.18. The Kier molecular flexibility index (Phi) is 4.82. The molecule has 7 nitrogen and oxygen atoms in total. The molecule has 0 aliphatic rings. The van der Waals surface area contributed by atoms with E-state index in [9.17, 15) is 9.59 Å². The lowest BCUT2D eigenvalue weighted by Gasteiger charge is -2.14. The fourth-order valence-electron chi connectivity index (χ4n) is 2.26. The number of hydrogen-bond donors (Lipinski definition) is 3. The van der Waals surface area contributed by atoms with Crippen molar-refractivity contribution in [3.05, 3.63) is 61.8 Å². The first-order valence-corrected chi connectivity index (χ1v) is 7.93. The monoisotopic (exact) mass is 398 g/mol. The first-order valence-electron chi connectivity index (χ1n) is 6.79. The van der Waals surface area contributed by atoms with E-state index in [2.05, 4.69) is 10.3 Å². The Morgan fingerprint density at radius 1 is 1.08 bits per heavy atom. The summed E-state index contributed by atoms with van der Waals surface area (Å²) in [4.78, 5) is 28.7. The summed E-state index contributed by atoms with van der Waals surface area (Å²) in [5, 5.41) is 12.1. The number of hydroxylamine groups is 1. The molecule has 0 unspecified atom stereocenters. The number of amides is 2. The van der Waals surface area contributed by atoms with Crippen molar-refractivity contribution in [1.82, 2.24) is 15.0 Å². The zero-order chi connectivity index (χ0) is 18.1. The molecule has 0 saturated heterocycles. The summed E-state index contributed by atoms with van der Waals surface area (Å²) in [5.74, 6) is -0.143. The number of fused-ring (bicyclic) bond motifs is 1. The molecule has 2 amide bonds. The average Bonchev–Trinajstić information content (AvgIpc) is 2.57. The molecule has 1 heterocycles. The number of urea groups is 1. The van der Waals surface area contributed by atoms with E-state index in [1.807, 2.05) is 0 Å². The maximum Gasteiger partial charge on any atom is 0.345 e. The lowest BCUT2D eigenvalue weighted by Crippen LogP contribution is -2.31. The molecular formula is C15H9Cl3N4O3. The highest BCUT2D eigenvalue weighted by Crippen LogP contribution is 2.26. The van der Waals surface area contributed by atoms with Crippen LogP contribution in [0.2, 0.25) is 15.1 Å². The molecular weight excluding hydrogens is 391 g/mol. The summed E-state index contributed by atoms with van der Waals surface area (Å²) in [6.07, 6.45) is 0. The second kappa shape index (κ2) is 6.89. The maximum atomic E-state index is 12.9. The van der Waals surface area contributed by atoms with Crippen molar-refractivity contribution in [2.75, 3.05) is 5.32 Å². The number of nitrogens with zero attached hydrogens (tertiary/aromatic N) is 2. The molecule has 0 fully saturated rings. The van der Waals surface area contributed by atoms with E-state index in [4.69, 9.17) is 40.0 Å². The van der Waals surface area contributed by atoms with Crippen molar-refractivity contribution in [3.8, 4) is 5.69 Å². The molecule has 25 heavy (non-hydrogen) atoms. The van der Waals surface area contributed by atoms with Crippen LogP contribution in [0, 0.1) is 0 Å². The van der Waals surface area contributed by atoms with Gasteiger partial charge in [0.2, 0.25) is 5.95 Å². The molecule has 0 radical (unpaired) electrons. The number of rotatable bonds is 2. The standard InChI is InChI=1S/C15H9Cl3N4O3/c16-7-1-3-9(4-2-7)22-13(23)10-5-8(17)6-11(18)12(10)19-14(22)20-15(24)21-25/h1-6,25H,(H2,19,20,21,24). The van der Waals surface area contributed by atoms with E-state index in [1.54, 1.807) is 24.3 Å². The Balaban J connectivity index is 2.36. The van der Waals surface area contributed by atoms with Gasteiger partial charge in [-0.1, -0.05) is 34.8 Å². The first kappa shape index (κ1) is 17.5. The fourth-order valence-corrected chi connectivity index (χ4v) is 2.92. The summed E-state index contributed by atoms with van der Waals surface area (Å²) in [7, 11) is 0. The van der Waals surface area contributed by atoms with Gasteiger partial charge in [-0.15, -0.1) is 0 Å². The topological polar surface area (TPSA) is 96.2 Å². The van der Waals surface area contributed by atoms with Gasteiger partial charge in [0.1, 0.15) is 0 Å². The van der Waals surface area contributed by atoms with Gasteiger partial charge in [0.05, 0.1) is 21.6 Å². The van der Waals surface area contributed by atoms with E-state index in [0.29, 0.717) is 10.7 Å². The van der Waals surface area contributed by atoms with Crippen LogP contribution < -0.4 is 16.4 Å². The molecule has 0 spiro atoms. The maximum absolute atomic E-state index is 12.9. The van der Waals surface area contributed by atoms with Gasteiger partial charge in [0.25, 0.3) is 5.56 Å². The molecule has 0 aliphatic carbocycles. The summed E-state index contributed by atoms with van der Waals surface area (Å²) in [6.45, 7) is 0. The van der Waals surface area contributed by atoms with Crippen molar-refractivity contribution in [2.24, 2.45) is 0 Å². The molecule has 0 saturated carbocycles. The lowest BCUT2D eigenvalue weighted by atomic mass is 10.2. The summed E-state index contributed by atoms with van der Waals surface area (Å²) in [6, 6.07) is 8.19. The molecule has 2 aromatic carbocycles. The number of carbonyl (C=O) groups is 1. The molecule has 128 valence electrons. The molecule has 1 aromatic heterocycles. The van der Waals surface area contributed by atoms with Crippen LogP contribution in [0.4, 0.5) is 10.7 Å². The highest BCUT2D eigenvalue weighted by atomic mass is 35.5. The van der Waals surface area contributed by atoms with Gasteiger partial charge in [-0.25, -0.2) is 19.8 Å². The van der Waals surface area contributed by atoms with E-state index in [0.717, 1.165) is 4.57 Å².